The third kappa shape index (κ3) is 3.05. The molecule has 0 fully saturated rings. The van der Waals surface area contributed by atoms with Gasteiger partial charge in [0.2, 0.25) is 0 Å². The van der Waals surface area contributed by atoms with Crippen molar-refractivity contribution in [3.05, 3.63) is 65.4 Å². The first-order valence-corrected chi connectivity index (χ1v) is 7.42. The van der Waals surface area contributed by atoms with E-state index in [1.54, 1.807) is 13.2 Å². The van der Waals surface area contributed by atoms with Gasteiger partial charge < -0.3 is 15.0 Å². The van der Waals surface area contributed by atoms with Crippen LogP contribution in [0.1, 0.15) is 11.1 Å². The molecule has 0 aliphatic heterocycles. The van der Waals surface area contributed by atoms with Crippen molar-refractivity contribution in [2.24, 2.45) is 5.73 Å². The Labute approximate surface area is 133 Å². The highest BCUT2D eigenvalue weighted by Gasteiger charge is 2.11. The summed E-state index contributed by atoms with van der Waals surface area (Å²) >= 11 is 0. The number of fused-ring (bicyclic) bond motifs is 1. The summed E-state index contributed by atoms with van der Waals surface area (Å²) in [4.78, 5) is 0. The molecule has 1 heterocycles. The summed E-state index contributed by atoms with van der Waals surface area (Å²) < 4.78 is 33.8. The molecule has 0 atom stereocenters. The lowest BCUT2D eigenvalue weighted by molar-refractivity contribution is 0.415. The van der Waals surface area contributed by atoms with Crippen LogP contribution in [0.5, 0.6) is 5.75 Å². The van der Waals surface area contributed by atoms with Crippen molar-refractivity contribution < 1.29 is 13.5 Å². The number of halogens is 2. The Kier molecular flexibility index (Phi) is 4.30. The Balaban J connectivity index is 2.04. The number of hydrogen-bond acceptors (Lipinski definition) is 2. The molecular formula is C18H18F2N2O. The van der Waals surface area contributed by atoms with E-state index < -0.39 is 11.6 Å². The highest BCUT2D eigenvalue weighted by molar-refractivity contribution is 5.85. The maximum atomic E-state index is 13.4. The predicted octanol–water partition coefficient (Wildman–Crippen LogP) is 3.48. The van der Waals surface area contributed by atoms with E-state index in [4.69, 9.17) is 10.5 Å². The Hall–Kier alpha value is -2.40. The number of methoxy groups -OCH3 is 1. The molecule has 120 valence electrons. The molecule has 2 aromatic carbocycles. The van der Waals surface area contributed by atoms with Gasteiger partial charge in [-0.05, 0) is 54.4 Å². The van der Waals surface area contributed by atoms with Crippen LogP contribution in [0.4, 0.5) is 8.78 Å². The molecule has 0 spiro atoms. The second-order valence-electron chi connectivity index (χ2n) is 5.45. The van der Waals surface area contributed by atoms with Crippen molar-refractivity contribution in [3.63, 3.8) is 0 Å². The van der Waals surface area contributed by atoms with Crippen molar-refractivity contribution >= 4 is 10.9 Å². The average Bonchev–Trinajstić information content (AvgIpc) is 2.88. The van der Waals surface area contributed by atoms with E-state index in [0.29, 0.717) is 18.7 Å². The topological polar surface area (TPSA) is 40.2 Å². The van der Waals surface area contributed by atoms with Crippen molar-refractivity contribution in [2.45, 2.75) is 13.0 Å². The summed E-state index contributed by atoms with van der Waals surface area (Å²) in [5.74, 6) is -0.885. The van der Waals surface area contributed by atoms with Crippen LogP contribution in [-0.2, 0) is 13.0 Å². The molecule has 1 aromatic heterocycles. The first kappa shape index (κ1) is 15.5. The Morgan fingerprint density at radius 1 is 1.09 bits per heavy atom. The Bertz CT molecular complexity index is 842. The number of benzene rings is 2. The van der Waals surface area contributed by atoms with Crippen LogP contribution < -0.4 is 10.5 Å². The molecule has 0 amide bonds. The van der Waals surface area contributed by atoms with Crippen LogP contribution in [0.15, 0.2) is 42.6 Å². The molecule has 0 bridgehead atoms. The molecule has 0 aliphatic rings. The van der Waals surface area contributed by atoms with Crippen LogP contribution in [-0.4, -0.2) is 18.2 Å². The highest BCUT2D eigenvalue weighted by Crippen LogP contribution is 2.27. The summed E-state index contributed by atoms with van der Waals surface area (Å²) in [7, 11) is 1.63. The molecule has 23 heavy (non-hydrogen) atoms. The fraction of sp³-hybridized carbons (Fsp3) is 0.222. The Morgan fingerprint density at radius 3 is 2.61 bits per heavy atom. The molecule has 2 N–H and O–H groups in total. The van der Waals surface area contributed by atoms with Crippen LogP contribution in [0.3, 0.4) is 0 Å². The molecule has 3 aromatic rings. The average molecular weight is 316 g/mol. The zero-order valence-electron chi connectivity index (χ0n) is 12.9. The first-order chi connectivity index (χ1) is 11.1. The maximum absolute atomic E-state index is 13.4. The number of ether oxygens (including phenoxy) is 1. The van der Waals surface area contributed by atoms with Gasteiger partial charge in [-0.1, -0.05) is 6.07 Å². The number of hydrogen-bond donors (Lipinski definition) is 1. The minimum Gasteiger partial charge on any atom is -0.497 e. The van der Waals surface area contributed by atoms with Gasteiger partial charge in [-0.2, -0.15) is 0 Å². The summed E-state index contributed by atoms with van der Waals surface area (Å²) in [6.45, 7) is 1.01. The third-order valence-corrected chi connectivity index (χ3v) is 3.92. The van der Waals surface area contributed by atoms with Gasteiger partial charge in [0.15, 0.2) is 11.6 Å². The smallest absolute Gasteiger partial charge is 0.159 e. The largest absolute Gasteiger partial charge is 0.497 e. The van der Waals surface area contributed by atoms with Crippen molar-refractivity contribution in [2.75, 3.05) is 13.7 Å². The van der Waals surface area contributed by atoms with Gasteiger partial charge in [0.1, 0.15) is 5.75 Å². The lowest BCUT2D eigenvalue weighted by atomic mass is 10.1. The standard InChI is InChI=1S/C18H18F2N2O/c1-23-14-3-5-18-15(9-14)13(6-7-21)11-22(18)10-12-2-4-16(19)17(20)8-12/h2-5,8-9,11H,6-7,10,21H2,1H3. The maximum Gasteiger partial charge on any atom is 0.159 e. The van der Waals surface area contributed by atoms with Crippen LogP contribution >= 0.6 is 0 Å². The quantitative estimate of drug-likeness (QED) is 0.783. The van der Waals surface area contributed by atoms with Gasteiger partial charge in [-0.3, -0.25) is 0 Å². The number of nitrogens with two attached hydrogens (primary N) is 1. The molecule has 3 nitrogen and oxygen atoms in total. The van der Waals surface area contributed by atoms with Crippen molar-refractivity contribution in [1.29, 1.82) is 0 Å². The fourth-order valence-electron chi connectivity index (χ4n) is 2.80. The fourth-order valence-corrected chi connectivity index (χ4v) is 2.80. The summed E-state index contributed by atoms with van der Waals surface area (Å²) in [5.41, 5.74) is 8.52. The third-order valence-electron chi connectivity index (χ3n) is 3.92. The van der Waals surface area contributed by atoms with Crippen LogP contribution in [0, 0.1) is 11.6 Å². The molecule has 0 unspecified atom stereocenters. The van der Waals surface area contributed by atoms with Gasteiger partial charge in [0.25, 0.3) is 0 Å². The van der Waals surface area contributed by atoms with Gasteiger partial charge >= 0.3 is 0 Å². The van der Waals surface area contributed by atoms with Crippen LogP contribution in [0.25, 0.3) is 10.9 Å². The summed E-state index contributed by atoms with van der Waals surface area (Å²) in [5, 5.41) is 1.07. The van der Waals surface area contributed by atoms with Gasteiger partial charge in [0, 0.05) is 23.6 Å². The van der Waals surface area contributed by atoms with E-state index in [1.165, 1.54) is 6.07 Å². The normalized spacial score (nSPS) is 11.1. The molecule has 3 rings (SSSR count). The minimum atomic E-state index is -0.834. The van der Waals surface area contributed by atoms with E-state index in [2.05, 4.69) is 0 Å². The molecule has 0 saturated heterocycles. The number of aromatic nitrogens is 1. The number of nitrogens with zero attached hydrogens (tertiary/aromatic N) is 1. The lowest BCUT2D eigenvalue weighted by Gasteiger charge is -2.07. The predicted molar refractivity (Wildman–Crippen MR) is 86.7 cm³/mol. The molecule has 0 aliphatic carbocycles. The van der Waals surface area contributed by atoms with Gasteiger partial charge in [0.05, 0.1) is 7.11 Å². The highest BCUT2D eigenvalue weighted by atomic mass is 19.2. The zero-order chi connectivity index (χ0) is 16.4. The minimum absolute atomic E-state index is 0.463. The van der Waals surface area contributed by atoms with E-state index in [-0.39, 0.29) is 0 Å². The molecular weight excluding hydrogens is 298 g/mol. The van der Waals surface area contributed by atoms with Crippen molar-refractivity contribution in [1.82, 2.24) is 4.57 Å². The van der Waals surface area contributed by atoms with E-state index in [1.807, 2.05) is 29.0 Å². The zero-order valence-corrected chi connectivity index (χ0v) is 12.9. The first-order valence-electron chi connectivity index (χ1n) is 7.42. The second-order valence-corrected chi connectivity index (χ2v) is 5.45. The molecule has 0 radical (unpaired) electrons. The van der Waals surface area contributed by atoms with Gasteiger partial charge in [-0.15, -0.1) is 0 Å². The number of rotatable bonds is 5. The van der Waals surface area contributed by atoms with E-state index in [0.717, 1.165) is 34.7 Å². The molecule has 0 saturated carbocycles. The van der Waals surface area contributed by atoms with Gasteiger partial charge in [-0.25, -0.2) is 8.78 Å². The monoisotopic (exact) mass is 316 g/mol. The summed E-state index contributed by atoms with van der Waals surface area (Å²) in [6, 6.07) is 9.80. The Morgan fingerprint density at radius 2 is 1.91 bits per heavy atom. The SMILES string of the molecule is COc1ccc2c(c1)c(CCN)cn2Cc1ccc(F)c(F)c1. The van der Waals surface area contributed by atoms with Crippen LogP contribution in [0.2, 0.25) is 0 Å². The van der Waals surface area contributed by atoms with E-state index in [9.17, 15) is 8.78 Å². The van der Waals surface area contributed by atoms with Crippen molar-refractivity contribution in [3.8, 4) is 5.75 Å². The second kappa shape index (κ2) is 6.38. The lowest BCUT2D eigenvalue weighted by Crippen LogP contribution is -2.02. The molecule has 5 heteroatoms. The van der Waals surface area contributed by atoms with E-state index >= 15 is 0 Å². The summed E-state index contributed by atoms with van der Waals surface area (Å²) in [6.07, 6.45) is 2.76.